The number of nitrogens with zero attached hydrogens (tertiary/aromatic N) is 2. The third-order valence-electron chi connectivity index (χ3n) is 4.96. The molecule has 160 valence electrons. The molecule has 0 unspecified atom stereocenters. The van der Waals surface area contributed by atoms with Gasteiger partial charge in [-0.1, -0.05) is 37.3 Å². The Morgan fingerprint density at radius 3 is 2.40 bits per heavy atom. The molecule has 0 spiro atoms. The first-order valence-corrected chi connectivity index (χ1v) is 10.7. The molecule has 0 aliphatic carbocycles. The Balaban J connectivity index is 2.26. The Morgan fingerprint density at radius 2 is 1.83 bits per heavy atom. The molecule has 0 bridgehead atoms. The lowest BCUT2D eigenvalue weighted by Gasteiger charge is -2.22. The van der Waals surface area contributed by atoms with Crippen LogP contribution < -0.4 is 11.2 Å². The average Bonchev–Trinajstić information content (AvgIpc) is 3.04. The predicted molar refractivity (Wildman–Crippen MR) is 117 cm³/mol. The van der Waals surface area contributed by atoms with Crippen LogP contribution in [0.1, 0.15) is 42.9 Å². The molecule has 0 amide bonds. The van der Waals surface area contributed by atoms with Crippen LogP contribution in [-0.4, -0.2) is 26.3 Å². The first-order valence-electron chi connectivity index (χ1n) is 9.92. The minimum atomic E-state index is -1.23. The number of aromatic nitrogens is 2. The van der Waals surface area contributed by atoms with Gasteiger partial charge in [0.1, 0.15) is 17.5 Å². The molecule has 2 heterocycles. The summed E-state index contributed by atoms with van der Waals surface area (Å²) in [5.41, 5.74) is 0.526. The quantitative estimate of drug-likeness (QED) is 0.592. The van der Waals surface area contributed by atoms with Crippen LogP contribution in [0.2, 0.25) is 0 Å². The number of carboxylic acids is 1. The fraction of sp³-hybridized carbons (Fsp3) is 0.409. The minimum absolute atomic E-state index is 0.0809. The van der Waals surface area contributed by atoms with Gasteiger partial charge in [0.25, 0.3) is 5.56 Å². The van der Waals surface area contributed by atoms with E-state index in [0.717, 1.165) is 27.0 Å². The Bertz CT molecular complexity index is 1170. The first-order chi connectivity index (χ1) is 14.2. The molecule has 0 saturated carbocycles. The van der Waals surface area contributed by atoms with Crippen LogP contribution >= 0.6 is 11.3 Å². The van der Waals surface area contributed by atoms with Crippen molar-refractivity contribution in [3.05, 3.63) is 67.2 Å². The SMILES string of the molecule is CCc1sc2c(c1C)c(=O)n(CC(=O)O)c(=O)n2C[C@H](OC(C)C)c1ccccc1. The van der Waals surface area contributed by atoms with Crippen molar-refractivity contribution in [3.63, 3.8) is 0 Å². The molecule has 3 rings (SSSR count). The lowest BCUT2D eigenvalue weighted by atomic mass is 10.1. The van der Waals surface area contributed by atoms with E-state index in [2.05, 4.69) is 0 Å². The van der Waals surface area contributed by atoms with E-state index >= 15 is 0 Å². The number of benzene rings is 1. The Morgan fingerprint density at radius 1 is 1.17 bits per heavy atom. The van der Waals surface area contributed by atoms with E-state index < -0.39 is 29.9 Å². The number of carboxylic acid groups (broad SMARTS) is 1. The Kier molecular flexibility index (Phi) is 6.58. The average molecular weight is 431 g/mol. The Labute approximate surface area is 178 Å². The molecule has 0 aliphatic rings. The van der Waals surface area contributed by atoms with Crippen molar-refractivity contribution >= 4 is 27.5 Å². The van der Waals surface area contributed by atoms with Crippen LogP contribution in [0.5, 0.6) is 0 Å². The fourth-order valence-electron chi connectivity index (χ4n) is 3.60. The van der Waals surface area contributed by atoms with E-state index in [1.54, 1.807) is 0 Å². The number of ether oxygens (including phenoxy) is 1. The van der Waals surface area contributed by atoms with E-state index in [4.69, 9.17) is 4.74 Å². The summed E-state index contributed by atoms with van der Waals surface area (Å²) >= 11 is 1.41. The number of hydrogen-bond donors (Lipinski definition) is 1. The zero-order valence-electron chi connectivity index (χ0n) is 17.5. The van der Waals surface area contributed by atoms with Gasteiger partial charge in [0, 0.05) is 4.88 Å². The summed E-state index contributed by atoms with van der Waals surface area (Å²) in [7, 11) is 0. The molecule has 0 fully saturated rings. The summed E-state index contributed by atoms with van der Waals surface area (Å²) in [5, 5.41) is 9.66. The molecule has 0 saturated heterocycles. The molecule has 0 aliphatic heterocycles. The highest BCUT2D eigenvalue weighted by Crippen LogP contribution is 2.30. The highest BCUT2D eigenvalue weighted by atomic mass is 32.1. The molecule has 8 heteroatoms. The molecule has 1 atom stereocenters. The van der Waals surface area contributed by atoms with Gasteiger partial charge < -0.3 is 9.84 Å². The third-order valence-corrected chi connectivity index (χ3v) is 6.42. The van der Waals surface area contributed by atoms with Crippen LogP contribution in [0.3, 0.4) is 0 Å². The number of rotatable bonds is 8. The molecule has 30 heavy (non-hydrogen) atoms. The van der Waals surface area contributed by atoms with Crippen molar-refractivity contribution < 1.29 is 14.6 Å². The van der Waals surface area contributed by atoms with E-state index in [-0.39, 0.29) is 12.6 Å². The molecule has 7 nitrogen and oxygen atoms in total. The van der Waals surface area contributed by atoms with Gasteiger partial charge in [-0.25, -0.2) is 9.36 Å². The summed E-state index contributed by atoms with van der Waals surface area (Å²) in [4.78, 5) is 39.1. The zero-order chi connectivity index (χ0) is 22.0. The highest BCUT2D eigenvalue weighted by Gasteiger charge is 2.23. The van der Waals surface area contributed by atoms with E-state index in [1.807, 2.05) is 58.0 Å². The second kappa shape index (κ2) is 8.97. The van der Waals surface area contributed by atoms with Crippen molar-refractivity contribution in [2.24, 2.45) is 0 Å². The summed E-state index contributed by atoms with van der Waals surface area (Å²) in [6.45, 7) is 7.18. The van der Waals surface area contributed by atoms with Crippen LogP contribution in [0.25, 0.3) is 10.2 Å². The van der Waals surface area contributed by atoms with Crippen molar-refractivity contribution in [1.82, 2.24) is 9.13 Å². The monoisotopic (exact) mass is 430 g/mol. The second-order valence-corrected chi connectivity index (χ2v) is 8.53. The Hall–Kier alpha value is -2.71. The maximum atomic E-state index is 13.2. The number of hydrogen-bond acceptors (Lipinski definition) is 5. The van der Waals surface area contributed by atoms with E-state index in [1.165, 1.54) is 15.9 Å². The summed E-state index contributed by atoms with van der Waals surface area (Å²) in [6.07, 6.45) is 0.223. The first kappa shape index (κ1) is 22.0. The van der Waals surface area contributed by atoms with E-state index in [0.29, 0.717) is 10.2 Å². The largest absolute Gasteiger partial charge is 0.480 e. The lowest BCUT2D eigenvalue weighted by molar-refractivity contribution is -0.137. The van der Waals surface area contributed by atoms with Gasteiger partial charge in [0.2, 0.25) is 0 Å². The maximum Gasteiger partial charge on any atom is 0.332 e. The lowest BCUT2D eigenvalue weighted by Crippen LogP contribution is -2.42. The highest BCUT2D eigenvalue weighted by molar-refractivity contribution is 7.18. The smallest absolute Gasteiger partial charge is 0.332 e. The number of thiophene rings is 1. The molecule has 1 aromatic carbocycles. The van der Waals surface area contributed by atoms with Crippen LogP contribution in [0, 0.1) is 6.92 Å². The normalized spacial score (nSPS) is 12.6. The molecular weight excluding hydrogens is 404 g/mol. The third kappa shape index (κ3) is 4.24. The van der Waals surface area contributed by atoms with Crippen molar-refractivity contribution in [3.8, 4) is 0 Å². The molecule has 2 aromatic heterocycles. The number of aryl methyl sites for hydroxylation is 2. The zero-order valence-corrected chi connectivity index (χ0v) is 18.4. The van der Waals surface area contributed by atoms with Crippen molar-refractivity contribution in [2.45, 2.75) is 59.4 Å². The van der Waals surface area contributed by atoms with Gasteiger partial charge in [-0.15, -0.1) is 11.3 Å². The van der Waals surface area contributed by atoms with Crippen molar-refractivity contribution in [1.29, 1.82) is 0 Å². The van der Waals surface area contributed by atoms with Gasteiger partial charge >= 0.3 is 11.7 Å². The van der Waals surface area contributed by atoms with E-state index in [9.17, 15) is 19.5 Å². The number of aliphatic carboxylic acids is 1. The summed E-state index contributed by atoms with van der Waals surface area (Å²) in [6, 6.07) is 9.57. The van der Waals surface area contributed by atoms with Gasteiger partial charge in [0.05, 0.1) is 18.0 Å². The van der Waals surface area contributed by atoms with Gasteiger partial charge in [0.15, 0.2) is 0 Å². The number of carbonyl (C=O) groups is 1. The summed E-state index contributed by atoms with van der Waals surface area (Å²) < 4.78 is 8.40. The molecular formula is C22H26N2O5S. The molecule has 0 radical (unpaired) electrons. The van der Waals surface area contributed by atoms with Gasteiger partial charge in [-0.05, 0) is 38.3 Å². The minimum Gasteiger partial charge on any atom is -0.480 e. The second-order valence-electron chi connectivity index (χ2n) is 7.45. The van der Waals surface area contributed by atoms with Crippen LogP contribution in [0.15, 0.2) is 39.9 Å². The number of fused-ring (bicyclic) bond motifs is 1. The van der Waals surface area contributed by atoms with Crippen LogP contribution in [0.4, 0.5) is 0 Å². The topological polar surface area (TPSA) is 90.5 Å². The van der Waals surface area contributed by atoms with Crippen molar-refractivity contribution in [2.75, 3.05) is 0 Å². The summed E-state index contributed by atoms with van der Waals surface area (Å²) in [5.74, 6) is -1.23. The fourth-order valence-corrected chi connectivity index (χ4v) is 4.84. The maximum absolute atomic E-state index is 13.2. The van der Waals surface area contributed by atoms with Crippen LogP contribution in [-0.2, 0) is 29.0 Å². The molecule has 1 N–H and O–H groups in total. The molecule has 3 aromatic rings. The van der Waals surface area contributed by atoms with Gasteiger partial charge in [-0.3, -0.25) is 14.2 Å². The standard InChI is InChI=1S/C22H26N2O5S/c1-5-17-14(4)19-20(27)23(12-18(25)26)22(28)24(21(19)30-17)11-16(29-13(2)3)15-9-7-6-8-10-15/h6-10,13,16H,5,11-12H2,1-4H3,(H,25,26)/t16-/m0/s1. The predicted octanol–water partition coefficient (Wildman–Crippen LogP) is 3.35. The van der Waals surface area contributed by atoms with Gasteiger partial charge in [-0.2, -0.15) is 0 Å².